The van der Waals surface area contributed by atoms with Crippen molar-refractivity contribution in [3.8, 4) is 11.3 Å². The highest BCUT2D eigenvalue weighted by atomic mass is 15.1. The van der Waals surface area contributed by atoms with Crippen LogP contribution in [0.25, 0.3) is 38.6 Å². The van der Waals surface area contributed by atoms with Crippen molar-refractivity contribution in [3.63, 3.8) is 0 Å². The first-order chi connectivity index (χ1) is 15.4. The van der Waals surface area contributed by atoms with Crippen LogP contribution in [-0.2, 0) is 6.54 Å². The van der Waals surface area contributed by atoms with Crippen molar-refractivity contribution in [2.24, 2.45) is 0 Å². The zero-order valence-corrected chi connectivity index (χ0v) is 17.0. The summed E-state index contributed by atoms with van der Waals surface area (Å²) in [6.45, 7) is 0.735. The fourth-order valence-electron chi connectivity index (χ4n) is 4.27. The molecule has 6 aromatic rings. The molecule has 0 amide bonds. The van der Waals surface area contributed by atoms with Crippen molar-refractivity contribution in [3.05, 3.63) is 115 Å². The normalized spacial score (nSPS) is 11.4. The summed E-state index contributed by atoms with van der Waals surface area (Å²) < 4.78 is 2.24. The smallest absolute Gasteiger partial charge is 0.139 e. The second kappa shape index (κ2) is 7.29. The van der Waals surface area contributed by atoms with Crippen LogP contribution in [0.5, 0.6) is 0 Å². The predicted molar refractivity (Wildman–Crippen MR) is 129 cm³/mol. The van der Waals surface area contributed by atoms with E-state index >= 15 is 0 Å². The molecule has 0 aliphatic rings. The number of aromatic nitrogens is 2. The van der Waals surface area contributed by atoms with Gasteiger partial charge in [0.2, 0.25) is 0 Å². The summed E-state index contributed by atoms with van der Waals surface area (Å²) in [6.07, 6.45) is 0. The molecule has 0 saturated carbocycles. The first kappa shape index (κ1) is 17.7. The van der Waals surface area contributed by atoms with Gasteiger partial charge in [-0.25, -0.2) is 4.98 Å². The summed E-state index contributed by atoms with van der Waals surface area (Å²) in [6, 6.07) is 38.2. The van der Waals surface area contributed by atoms with Crippen LogP contribution in [0.1, 0.15) is 5.56 Å². The zero-order chi connectivity index (χ0) is 20.6. The van der Waals surface area contributed by atoms with Gasteiger partial charge in [-0.15, -0.1) is 0 Å². The lowest BCUT2D eigenvalue weighted by atomic mass is 10.0. The molecule has 31 heavy (non-hydrogen) atoms. The van der Waals surface area contributed by atoms with Crippen molar-refractivity contribution >= 4 is 33.1 Å². The summed E-state index contributed by atoms with van der Waals surface area (Å²) in [4.78, 5) is 5.05. The van der Waals surface area contributed by atoms with Crippen molar-refractivity contribution in [1.29, 1.82) is 0 Å². The second-order valence-electron chi connectivity index (χ2n) is 7.80. The number of pyridine rings is 1. The fourth-order valence-corrected chi connectivity index (χ4v) is 4.27. The Hall–Kier alpha value is -4.11. The third-order valence-corrected chi connectivity index (χ3v) is 5.82. The Labute approximate surface area is 180 Å². The van der Waals surface area contributed by atoms with Gasteiger partial charge in [-0.1, -0.05) is 84.9 Å². The quantitative estimate of drug-likeness (QED) is 0.349. The summed E-state index contributed by atoms with van der Waals surface area (Å²) in [5, 5.41) is 7.34. The Morgan fingerprint density at radius 3 is 2.23 bits per heavy atom. The van der Waals surface area contributed by atoms with Gasteiger partial charge in [0, 0.05) is 12.1 Å². The Kier molecular flexibility index (Phi) is 4.17. The topological polar surface area (TPSA) is 29.3 Å². The van der Waals surface area contributed by atoms with E-state index in [2.05, 4.69) is 113 Å². The van der Waals surface area contributed by atoms with Gasteiger partial charge in [-0.05, 0) is 46.0 Å². The van der Waals surface area contributed by atoms with Crippen LogP contribution in [0.2, 0.25) is 0 Å². The van der Waals surface area contributed by atoms with Crippen LogP contribution >= 0.6 is 0 Å². The van der Waals surface area contributed by atoms with E-state index in [0.29, 0.717) is 0 Å². The highest BCUT2D eigenvalue weighted by molar-refractivity contribution is 5.91. The minimum Gasteiger partial charge on any atom is -0.365 e. The summed E-state index contributed by atoms with van der Waals surface area (Å²) in [5.74, 6) is 1.02. The Morgan fingerprint density at radius 2 is 1.35 bits per heavy atom. The van der Waals surface area contributed by atoms with Gasteiger partial charge in [0.05, 0.1) is 5.52 Å². The molecule has 4 aromatic carbocycles. The lowest BCUT2D eigenvalue weighted by Gasteiger charge is -2.11. The molecule has 0 unspecified atom stereocenters. The molecule has 3 heteroatoms. The van der Waals surface area contributed by atoms with E-state index in [1.807, 2.05) is 6.07 Å². The third-order valence-electron chi connectivity index (χ3n) is 5.82. The summed E-state index contributed by atoms with van der Waals surface area (Å²) in [5.41, 5.74) is 5.41. The lowest BCUT2D eigenvalue weighted by Crippen LogP contribution is -2.04. The fraction of sp³-hybridized carbons (Fsp3) is 0.0357. The van der Waals surface area contributed by atoms with Crippen molar-refractivity contribution in [2.75, 3.05) is 5.32 Å². The van der Waals surface area contributed by atoms with Gasteiger partial charge in [-0.2, -0.15) is 0 Å². The maximum absolute atomic E-state index is 5.05. The van der Waals surface area contributed by atoms with E-state index in [1.165, 1.54) is 21.7 Å². The molecular weight excluding hydrogens is 378 g/mol. The molecule has 148 valence electrons. The molecule has 0 fully saturated rings. The molecule has 6 rings (SSSR count). The molecule has 0 spiro atoms. The molecule has 0 aliphatic heterocycles. The molecule has 0 radical (unpaired) electrons. The molecule has 0 bridgehead atoms. The van der Waals surface area contributed by atoms with Crippen molar-refractivity contribution < 1.29 is 0 Å². The maximum Gasteiger partial charge on any atom is 0.139 e. The van der Waals surface area contributed by atoms with Crippen molar-refractivity contribution in [1.82, 2.24) is 9.38 Å². The summed E-state index contributed by atoms with van der Waals surface area (Å²) in [7, 11) is 0. The molecule has 2 aromatic heterocycles. The summed E-state index contributed by atoms with van der Waals surface area (Å²) >= 11 is 0. The monoisotopic (exact) mass is 399 g/mol. The molecule has 0 atom stereocenters. The standard InChI is InChI=1S/C28H21N3/c1-2-8-20(9-3-1)19-29-28-27(24-15-14-21-10-4-5-12-23(21)18-24)30-26-17-16-22-11-6-7-13-25(22)31(26)28/h1-18,29H,19H2. The number of benzene rings is 4. The molecule has 0 aliphatic carbocycles. The second-order valence-corrected chi connectivity index (χ2v) is 7.80. The van der Waals surface area contributed by atoms with Crippen LogP contribution in [0.3, 0.4) is 0 Å². The van der Waals surface area contributed by atoms with Crippen LogP contribution < -0.4 is 5.32 Å². The number of para-hydroxylation sites is 1. The van der Waals surface area contributed by atoms with Gasteiger partial charge in [0.1, 0.15) is 17.2 Å². The average Bonchev–Trinajstić information content (AvgIpc) is 3.22. The first-order valence-electron chi connectivity index (χ1n) is 10.5. The molecule has 0 saturated heterocycles. The van der Waals surface area contributed by atoms with Gasteiger partial charge < -0.3 is 5.32 Å². The van der Waals surface area contributed by atoms with E-state index in [0.717, 1.165) is 34.8 Å². The third kappa shape index (κ3) is 3.11. The SMILES string of the molecule is c1ccc(CNc2c(-c3ccc4ccccc4c3)nc3ccc4ccccc4n23)cc1. The average molecular weight is 399 g/mol. The van der Waals surface area contributed by atoms with E-state index in [4.69, 9.17) is 4.98 Å². The van der Waals surface area contributed by atoms with Gasteiger partial charge in [0.15, 0.2) is 0 Å². The first-order valence-corrected chi connectivity index (χ1v) is 10.5. The van der Waals surface area contributed by atoms with E-state index in [9.17, 15) is 0 Å². The van der Waals surface area contributed by atoms with E-state index < -0.39 is 0 Å². The number of anilines is 1. The van der Waals surface area contributed by atoms with Gasteiger partial charge >= 0.3 is 0 Å². The van der Waals surface area contributed by atoms with Crippen LogP contribution in [0.15, 0.2) is 109 Å². The number of nitrogens with one attached hydrogen (secondary N) is 1. The van der Waals surface area contributed by atoms with Gasteiger partial charge in [0.25, 0.3) is 0 Å². The predicted octanol–water partition coefficient (Wildman–Crippen LogP) is 6.92. The Balaban J connectivity index is 1.57. The molecule has 1 N–H and O–H groups in total. The van der Waals surface area contributed by atoms with Crippen LogP contribution in [0.4, 0.5) is 5.82 Å². The van der Waals surface area contributed by atoms with Gasteiger partial charge in [-0.3, -0.25) is 4.40 Å². The molecular formula is C28H21N3. The number of imidazole rings is 1. The number of rotatable bonds is 4. The Bertz CT molecular complexity index is 1530. The van der Waals surface area contributed by atoms with Crippen LogP contribution in [0, 0.1) is 0 Å². The highest BCUT2D eigenvalue weighted by Gasteiger charge is 2.16. The number of fused-ring (bicyclic) bond motifs is 4. The van der Waals surface area contributed by atoms with Crippen molar-refractivity contribution in [2.45, 2.75) is 6.54 Å². The minimum absolute atomic E-state index is 0.735. The number of hydrogen-bond acceptors (Lipinski definition) is 2. The highest BCUT2D eigenvalue weighted by Crippen LogP contribution is 2.33. The largest absolute Gasteiger partial charge is 0.365 e. The van der Waals surface area contributed by atoms with E-state index in [-0.39, 0.29) is 0 Å². The number of nitrogens with zero attached hydrogens (tertiary/aromatic N) is 2. The molecule has 3 nitrogen and oxygen atoms in total. The number of hydrogen-bond donors (Lipinski definition) is 1. The Morgan fingerprint density at radius 1 is 0.645 bits per heavy atom. The van der Waals surface area contributed by atoms with E-state index in [1.54, 1.807) is 0 Å². The molecule has 2 heterocycles. The maximum atomic E-state index is 5.05. The lowest BCUT2D eigenvalue weighted by molar-refractivity contribution is 1.10. The minimum atomic E-state index is 0.735. The zero-order valence-electron chi connectivity index (χ0n) is 17.0. The van der Waals surface area contributed by atoms with Crippen LogP contribution in [-0.4, -0.2) is 9.38 Å².